The van der Waals surface area contributed by atoms with E-state index in [2.05, 4.69) is 21.7 Å². The highest BCUT2D eigenvalue weighted by Gasteiger charge is 2.26. The molecule has 2 heterocycles. The Bertz CT molecular complexity index is 916. The molecule has 1 aliphatic heterocycles. The van der Waals surface area contributed by atoms with E-state index in [-0.39, 0.29) is 11.9 Å². The van der Waals surface area contributed by atoms with Gasteiger partial charge in [0.25, 0.3) is 5.91 Å². The van der Waals surface area contributed by atoms with E-state index in [1.54, 1.807) is 16.8 Å². The SMILES string of the molecule is Cc1ccc2c(c1)[C@@H](NC(=O)c1ccc3c(c1)nnn3C)CO2. The summed E-state index contributed by atoms with van der Waals surface area (Å²) >= 11 is 0. The van der Waals surface area contributed by atoms with E-state index in [9.17, 15) is 4.79 Å². The van der Waals surface area contributed by atoms with Crippen molar-refractivity contribution < 1.29 is 9.53 Å². The zero-order valence-electron chi connectivity index (χ0n) is 12.9. The summed E-state index contributed by atoms with van der Waals surface area (Å²) in [5.74, 6) is 0.700. The molecule has 4 rings (SSSR count). The standard InChI is InChI=1S/C17H16N4O2/c1-10-3-6-16-12(7-10)14(9-23-16)18-17(22)11-4-5-15-13(8-11)19-20-21(15)2/h3-8,14H,9H2,1-2H3,(H,18,22)/t14-/m0/s1. The van der Waals surface area contributed by atoms with E-state index in [0.29, 0.717) is 17.7 Å². The first-order valence-corrected chi connectivity index (χ1v) is 7.45. The third-order valence-electron chi connectivity index (χ3n) is 4.12. The molecule has 6 heteroatoms. The van der Waals surface area contributed by atoms with Crippen molar-refractivity contribution >= 4 is 16.9 Å². The van der Waals surface area contributed by atoms with E-state index in [1.165, 1.54) is 0 Å². The fraction of sp³-hybridized carbons (Fsp3) is 0.235. The molecule has 0 bridgehead atoms. The molecule has 2 aromatic carbocycles. The molecule has 0 saturated carbocycles. The Morgan fingerprint density at radius 3 is 3.04 bits per heavy atom. The van der Waals surface area contributed by atoms with Gasteiger partial charge >= 0.3 is 0 Å². The van der Waals surface area contributed by atoms with Crippen LogP contribution >= 0.6 is 0 Å². The van der Waals surface area contributed by atoms with Crippen LogP contribution < -0.4 is 10.1 Å². The van der Waals surface area contributed by atoms with Gasteiger partial charge in [-0.2, -0.15) is 0 Å². The Hall–Kier alpha value is -2.89. The summed E-state index contributed by atoms with van der Waals surface area (Å²) < 4.78 is 7.32. The average Bonchev–Trinajstić information content (AvgIpc) is 3.11. The lowest BCUT2D eigenvalue weighted by Gasteiger charge is -2.12. The molecular formula is C17H16N4O2. The number of nitrogens with one attached hydrogen (secondary N) is 1. The van der Waals surface area contributed by atoms with Gasteiger partial charge in [-0.15, -0.1) is 5.10 Å². The van der Waals surface area contributed by atoms with E-state index in [4.69, 9.17) is 4.74 Å². The summed E-state index contributed by atoms with van der Waals surface area (Å²) in [5, 5.41) is 11.0. The van der Waals surface area contributed by atoms with Gasteiger partial charge in [-0.25, -0.2) is 4.68 Å². The number of hydrogen-bond donors (Lipinski definition) is 1. The molecule has 3 aromatic rings. The summed E-state index contributed by atoms with van der Waals surface area (Å²) in [4.78, 5) is 12.5. The van der Waals surface area contributed by atoms with Crippen LogP contribution in [0.1, 0.15) is 27.5 Å². The number of rotatable bonds is 2. The lowest BCUT2D eigenvalue weighted by atomic mass is 10.1. The maximum absolute atomic E-state index is 12.5. The van der Waals surface area contributed by atoms with Crippen LogP contribution in [0.5, 0.6) is 5.75 Å². The maximum atomic E-state index is 12.5. The minimum absolute atomic E-state index is 0.130. The third-order valence-corrected chi connectivity index (χ3v) is 4.12. The van der Waals surface area contributed by atoms with Crippen molar-refractivity contribution in [3.63, 3.8) is 0 Å². The fourth-order valence-corrected chi connectivity index (χ4v) is 2.88. The molecule has 1 amide bonds. The number of ether oxygens (including phenoxy) is 1. The summed E-state index contributed by atoms with van der Waals surface area (Å²) in [6.07, 6.45) is 0. The molecule has 1 N–H and O–H groups in total. The largest absolute Gasteiger partial charge is 0.491 e. The number of carbonyl (C=O) groups excluding carboxylic acids is 1. The van der Waals surface area contributed by atoms with E-state index < -0.39 is 0 Å². The molecule has 0 fully saturated rings. The zero-order valence-corrected chi connectivity index (χ0v) is 12.9. The monoisotopic (exact) mass is 308 g/mol. The highest BCUT2D eigenvalue weighted by atomic mass is 16.5. The molecule has 1 aliphatic rings. The van der Waals surface area contributed by atoms with Gasteiger partial charge in [0.2, 0.25) is 0 Å². The lowest BCUT2D eigenvalue weighted by molar-refractivity contribution is 0.0930. The number of benzene rings is 2. The van der Waals surface area contributed by atoms with E-state index >= 15 is 0 Å². The highest BCUT2D eigenvalue weighted by molar-refractivity contribution is 5.97. The van der Waals surface area contributed by atoms with Gasteiger partial charge in [0.15, 0.2) is 0 Å². The Morgan fingerprint density at radius 1 is 1.30 bits per heavy atom. The Morgan fingerprint density at radius 2 is 2.17 bits per heavy atom. The Labute approximate surface area is 133 Å². The number of amides is 1. The molecule has 0 saturated heterocycles. The number of fused-ring (bicyclic) bond motifs is 2. The van der Waals surface area contributed by atoms with Gasteiger partial charge < -0.3 is 10.1 Å². The second kappa shape index (κ2) is 5.08. The van der Waals surface area contributed by atoms with Gasteiger partial charge in [0.1, 0.15) is 17.9 Å². The summed E-state index contributed by atoms with van der Waals surface area (Å²) in [7, 11) is 1.82. The van der Waals surface area contributed by atoms with Crippen LogP contribution in [0.4, 0.5) is 0 Å². The molecule has 0 radical (unpaired) electrons. The molecule has 0 spiro atoms. The van der Waals surface area contributed by atoms with Gasteiger partial charge in [0, 0.05) is 18.2 Å². The summed E-state index contributed by atoms with van der Waals surface area (Å²) in [6, 6.07) is 11.3. The molecule has 23 heavy (non-hydrogen) atoms. The number of nitrogens with zero attached hydrogens (tertiary/aromatic N) is 3. The van der Waals surface area contributed by atoms with Gasteiger partial charge in [-0.05, 0) is 31.2 Å². The van der Waals surface area contributed by atoms with Crippen LogP contribution in [-0.2, 0) is 7.05 Å². The van der Waals surface area contributed by atoms with Gasteiger partial charge in [-0.3, -0.25) is 4.79 Å². The van der Waals surface area contributed by atoms with Crippen LogP contribution in [0.25, 0.3) is 11.0 Å². The van der Waals surface area contributed by atoms with Crippen LogP contribution in [0, 0.1) is 6.92 Å². The molecular weight excluding hydrogens is 292 g/mol. The summed E-state index contributed by atoms with van der Waals surface area (Å²) in [5.41, 5.74) is 4.35. The number of carbonyl (C=O) groups is 1. The average molecular weight is 308 g/mol. The summed E-state index contributed by atoms with van der Waals surface area (Å²) in [6.45, 7) is 2.48. The smallest absolute Gasteiger partial charge is 0.251 e. The van der Waals surface area contributed by atoms with Gasteiger partial charge in [0.05, 0.1) is 11.6 Å². The fourth-order valence-electron chi connectivity index (χ4n) is 2.88. The topological polar surface area (TPSA) is 69.0 Å². The lowest BCUT2D eigenvalue weighted by Crippen LogP contribution is -2.29. The van der Waals surface area contributed by atoms with Crippen molar-refractivity contribution in [1.82, 2.24) is 20.3 Å². The van der Waals surface area contributed by atoms with Crippen molar-refractivity contribution in [3.8, 4) is 5.75 Å². The molecule has 6 nitrogen and oxygen atoms in total. The van der Waals surface area contributed by atoms with Crippen LogP contribution in [0.15, 0.2) is 36.4 Å². The Kier molecular flexibility index (Phi) is 3.04. The van der Waals surface area contributed by atoms with Crippen molar-refractivity contribution in [2.75, 3.05) is 6.61 Å². The minimum atomic E-state index is -0.138. The van der Waals surface area contributed by atoms with E-state index in [1.807, 2.05) is 32.2 Å². The molecule has 0 unspecified atom stereocenters. The minimum Gasteiger partial charge on any atom is -0.491 e. The zero-order chi connectivity index (χ0) is 16.0. The van der Waals surface area contributed by atoms with Crippen molar-refractivity contribution in [3.05, 3.63) is 53.1 Å². The highest BCUT2D eigenvalue weighted by Crippen LogP contribution is 2.33. The molecule has 1 atom stereocenters. The molecule has 1 aromatic heterocycles. The first kappa shape index (κ1) is 13.8. The van der Waals surface area contributed by atoms with Gasteiger partial charge in [-0.1, -0.05) is 22.9 Å². The van der Waals surface area contributed by atoms with Crippen molar-refractivity contribution in [1.29, 1.82) is 0 Å². The second-order valence-corrected chi connectivity index (χ2v) is 5.79. The number of aromatic nitrogens is 3. The quantitative estimate of drug-likeness (QED) is 0.787. The molecule has 0 aliphatic carbocycles. The van der Waals surface area contributed by atoms with Crippen molar-refractivity contribution in [2.45, 2.75) is 13.0 Å². The predicted octanol–water partition coefficient (Wildman–Crippen LogP) is 2.14. The normalized spacial score (nSPS) is 16.2. The number of aryl methyl sites for hydroxylation is 2. The second-order valence-electron chi connectivity index (χ2n) is 5.79. The number of hydrogen-bond acceptors (Lipinski definition) is 4. The van der Waals surface area contributed by atoms with Crippen LogP contribution in [0.3, 0.4) is 0 Å². The van der Waals surface area contributed by atoms with Crippen molar-refractivity contribution in [2.24, 2.45) is 7.05 Å². The maximum Gasteiger partial charge on any atom is 0.251 e. The third kappa shape index (κ3) is 2.32. The first-order chi connectivity index (χ1) is 11.1. The van der Waals surface area contributed by atoms with E-state index in [0.717, 1.165) is 22.4 Å². The first-order valence-electron chi connectivity index (χ1n) is 7.45. The van der Waals surface area contributed by atoms with Crippen LogP contribution in [-0.4, -0.2) is 27.5 Å². The molecule has 116 valence electrons. The predicted molar refractivity (Wildman–Crippen MR) is 85.4 cm³/mol. The van der Waals surface area contributed by atoms with Crippen LogP contribution in [0.2, 0.25) is 0 Å². The Balaban J connectivity index is 1.59.